The first kappa shape index (κ1) is 13.1. The second-order valence-corrected chi connectivity index (χ2v) is 4.70. The summed E-state index contributed by atoms with van der Waals surface area (Å²) in [5, 5.41) is 0. The Bertz CT molecular complexity index is 987. The third kappa shape index (κ3) is 1.76. The standard InChI is InChI=1S/C11H13N7O3/c1-5-3-18-7-8(16(2)11(21)14-9(7)20)13-10(18)17(5)4-6(19)15-12/h3H,4,12H2,1-2H3,(H,15,19)(H,14,20,21). The Morgan fingerprint density at radius 1 is 1.48 bits per heavy atom. The number of aromatic amines is 1. The molecule has 3 rings (SSSR count). The zero-order chi connectivity index (χ0) is 15.3. The normalized spacial score (nSPS) is 11.4. The number of aromatic nitrogens is 5. The first-order valence-corrected chi connectivity index (χ1v) is 6.10. The van der Waals surface area contributed by atoms with Gasteiger partial charge in [-0.05, 0) is 6.92 Å². The smallest absolute Gasteiger partial charge is 0.305 e. The van der Waals surface area contributed by atoms with Crippen molar-refractivity contribution in [3.8, 4) is 0 Å². The molecule has 21 heavy (non-hydrogen) atoms. The van der Waals surface area contributed by atoms with Crippen LogP contribution in [0.3, 0.4) is 0 Å². The van der Waals surface area contributed by atoms with Crippen LogP contribution in [-0.2, 0) is 18.4 Å². The van der Waals surface area contributed by atoms with E-state index in [4.69, 9.17) is 5.84 Å². The van der Waals surface area contributed by atoms with Crippen LogP contribution in [-0.4, -0.2) is 29.4 Å². The molecule has 4 N–H and O–H groups in total. The minimum atomic E-state index is -0.545. The van der Waals surface area contributed by atoms with Crippen molar-refractivity contribution in [1.29, 1.82) is 0 Å². The lowest BCUT2D eigenvalue weighted by molar-refractivity contribution is -0.121. The summed E-state index contributed by atoms with van der Waals surface area (Å²) >= 11 is 0. The summed E-state index contributed by atoms with van der Waals surface area (Å²) in [5.74, 6) is 5.08. The number of fused-ring (bicyclic) bond motifs is 3. The van der Waals surface area contributed by atoms with Gasteiger partial charge in [0, 0.05) is 18.9 Å². The molecular weight excluding hydrogens is 278 g/mol. The number of nitrogens with two attached hydrogens (primary N) is 1. The lowest BCUT2D eigenvalue weighted by atomic mass is 10.5. The maximum absolute atomic E-state index is 12.0. The van der Waals surface area contributed by atoms with Crippen LogP contribution in [0, 0.1) is 6.92 Å². The molecule has 0 bridgehead atoms. The van der Waals surface area contributed by atoms with Crippen LogP contribution in [0.1, 0.15) is 5.69 Å². The summed E-state index contributed by atoms with van der Waals surface area (Å²) in [6.45, 7) is 1.74. The fourth-order valence-corrected chi connectivity index (χ4v) is 2.30. The van der Waals surface area contributed by atoms with Gasteiger partial charge in [0.15, 0.2) is 11.2 Å². The minimum absolute atomic E-state index is 0.0337. The van der Waals surface area contributed by atoms with Crippen LogP contribution in [0.2, 0.25) is 0 Å². The molecule has 0 saturated heterocycles. The molecule has 10 heteroatoms. The average Bonchev–Trinajstić information content (AvgIpc) is 2.93. The Hall–Kier alpha value is -2.88. The lowest BCUT2D eigenvalue weighted by Crippen LogP contribution is -2.33. The number of rotatable bonds is 2. The largest absolute Gasteiger partial charge is 0.329 e. The maximum Gasteiger partial charge on any atom is 0.329 e. The quantitative estimate of drug-likeness (QED) is 0.285. The number of amides is 1. The average molecular weight is 291 g/mol. The van der Waals surface area contributed by atoms with Crippen LogP contribution in [0.15, 0.2) is 15.8 Å². The highest BCUT2D eigenvalue weighted by atomic mass is 16.2. The molecule has 3 heterocycles. The van der Waals surface area contributed by atoms with Crippen molar-refractivity contribution in [2.75, 3.05) is 0 Å². The van der Waals surface area contributed by atoms with E-state index in [9.17, 15) is 14.4 Å². The molecule has 0 aliphatic heterocycles. The Kier molecular flexibility index (Phi) is 2.69. The molecule has 0 fully saturated rings. The van der Waals surface area contributed by atoms with Gasteiger partial charge in [0.2, 0.25) is 5.78 Å². The fourth-order valence-electron chi connectivity index (χ4n) is 2.30. The van der Waals surface area contributed by atoms with E-state index < -0.39 is 17.2 Å². The third-order valence-electron chi connectivity index (χ3n) is 3.38. The lowest BCUT2D eigenvalue weighted by Gasteiger charge is -2.03. The van der Waals surface area contributed by atoms with E-state index in [1.165, 1.54) is 11.6 Å². The summed E-state index contributed by atoms with van der Waals surface area (Å²) in [4.78, 5) is 41.6. The molecular formula is C11H13N7O3. The van der Waals surface area contributed by atoms with Gasteiger partial charge in [-0.15, -0.1) is 0 Å². The Balaban J connectivity index is 2.41. The molecule has 0 atom stereocenters. The van der Waals surface area contributed by atoms with Crippen LogP contribution < -0.4 is 22.5 Å². The van der Waals surface area contributed by atoms with Gasteiger partial charge in [-0.25, -0.2) is 10.6 Å². The van der Waals surface area contributed by atoms with E-state index in [0.717, 1.165) is 5.69 Å². The highest BCUT2D eigenvalue weighted by Crippen LogP contribution is 2.15. The van der Waals surface area contributed by atoms with Gasteiger partial charge in [0.25, 0.3) is 11.5 Å². The fraction of sp³-hybridized carbons (Fsp3) is 0.273. The topological polar surface area (TPSA) is 132 Å². The number of imidazole rings is 2. The van der Waals surface area contributed by atoms with Crippen LogP contribution >= 0.6 is 0 Å². The summed E-state index contributed by atoms with van der Waals surface area (Å²) < 4.78 is 4.39. The van der Waals surface area contributed by atoms with Crippen molar-refractivity contribution in [3.63, 3.8) is 0 Å². The number of hydrazine groups is 1. The van der Waals surface area contributed by atoms with Crippen LogP contribution in [0.5, 0.6) is 0 Å². The number of carbonyl (C=O) groups is 1. The van der Waals surface area contributed by atoms with Crippen molar-refractivity contribution in [2.45, 2.75) is 13.5 Å². The zero-order valence-electron chi connectivity index (χ0n) is 11.4. The van der Waals surface area contributed by atoms with Crippen LogP contribution in [0.25, 0.3) is 16.9 Å². The number of hydrogen-bond donors (Lipinski definition) is 3. The number of nitrogens with one attached hydrogen (secondary N) is 2. The van der Waals surface area contributed by atoms with E-state index in [2.05, 4.69) is 9.97 Å². The third-order valence-corrected chi connectivity index (χ3v) is 3.38. The van der Waals surface area contributed by atoms with E-state index in [0.29, 0.717) is 5.78 Å². The number of carbonyl (C=O) groups excluding carboxylic acids is 1. The van der Waals surface area contributed by atoms with E-state index >= 15 is 0 Å². The first-order valence-electron chi connectivity index (χ1n) is 6.10. The van der Waals surface area contributed by atoms with Gasteiger partial charge in [-0.1, -0.05) is 0 Å². The van der Waals surface area contributed by atoms with Gasteiger partial charge in [-0.3, -0.25) is 29.0 Å². The molecule has 0 spiro atoms. The predicted octanol–water partition coefficient (Wildman–Crippen LogP) is -2.03. The maximum atomic E-state index is 12.0. The monoisotopic (exact) mass is 291 g/mol. The molecule has 0 aliphatic rings. The number of nitrogens with zero attached hydrogens (tertiary/aromatic N) is 4. The Morgan fingerprint density at radius 3 is 2.86 bits per heavy atom. The van der Waals surface area contributed by atoms with Gasteiger partial charge in [0.1, 0.15) is 6.54 Å². The number of aryl methyl sites for hydroxylation is 2. The summed E-state index contributed by atoms with van der Waals surface area (Å²) in [6, 6.07) is 0. The predicted molar refractivity (Wildman–Crippen MR) is 73.6 cm³/mol. The van der Waals surface area contributed by atoms with Crippen molar-refractivity contribution in [1.82, 2.24) is 28.9 Å². The molecule has 0 saturated carbocycles. The molecule has 0 aliphatic carbocycles. The minimum Gasteiger partial charge on any atom is -0.305 e. The highest BCUT2D eigenvalue weighted by molar-refractivity contribution is 5.78. The van der Waals surface area contributed by atoms with E-state index in [1.54, 1.807) is 22.1 Å². The van der Waals surface area contributed by atoms with Crippen LogP contribution in [0.4, 0.5) is 0 Å². The van der Waals surface area contributed by atoms with Gasteiger partial charge in [-0.2, -0.15) is 4.98 Å². The summed E-state index contributed by atoms with van der Waals surface area (Å²) in [5.41, 5.74) is 2.20. The molecule has 3 aromatic heterocycles. The molecule has 10 nitrogen and oxygen atoms in total. The second-order valence-electron chi connectivity index (χ2n) is 4.70. The van der Waals surface area contributed by atoms with Crippen molar-refractivity contribution < 1.29 is 4.79 Å². The molecule has 0 radical (unpaired) electrons. The Morgan fingerprint density at radius 2 is 2.19 bits per heavy atom. The van der Waals surface area contributed by atoms with Gasteiger partial charge < -0.3 is 4.57 Å². The number of H-pyrrole nitrogens is 1. The number of hydrogen-bond acceptors (Lipinski definition) is 5. The molecule has 110 valence electrons. The SMILES string of the molecule is Cc1cn2c3c(=O)[nH]c(=O)n(C)c3nc2n1CC(=O)NN. The van der Waals surface area contributed by atoms with Crippen molar-refractivity contribution in [2.24, 2.45) is 12.9 Å². The molecule has 3 aromatic rings. The summed E-state index contributed by atoms with van der Waals surface area (Å²) in [7, 11) is 1.51. The van der Waals surface area contributed by atoms with Crippen molar-refractivity contribution >= 4 is 22.8 Å². The second kappa shape index (κ2) is 4.31. The molecule has 0 aromatic carbocycles. The highest BCUT2D eigenvalue weighted by Gasteiger charge is 2.18. The van der Waals surface area contributed by atoms with Crippen molar-refractivity contribution in [3.05, 3.63) is 32.7 Å². The molecule has 0 unspecified atom stereocenters. The summed E-state index contributed by atoms with van der Waals surface area (Å²) in [6.07, 6.45) is 1.67. The Labute approximate surface area is 116 Å². The van der Waals surface area contributed by atoms with Gasteiger partial charge >= 0.3 is 5.69 Å². The first-order chi connectivity index (χ1) is 9.93. The van der Waals surface area contributed by atoms with E-state index in [1.807, 2.05) is 5.43 Å². The zero-order valence-corrected chi connectivity index (χ0v) is 11.4. The molecule has 1 amide bonds. The van der Waals surface area contributed by atoms with E-state index in [-0.39, 0.29) is 17.7 Å². The van der Waals surface area contributed by atoms with Gasteiger partial charge in [0.05, 0.1) is 0 Å².